The number of anilines is 1. The van der Waals surface area contributed by atoms with Crippen molar-refractivity contribution in [3.63, 3.8) is 0 Å². The van der Waals surface area contributed by atoms with E-state index in [4.69, 9.17) is 4.74 Å². The van der Waals surface area contributed by atoms with E-state index in [0.29, 0.717) is 12.8 Å². The SMILES string of the molecule is O=S1(=O)CCC(Oc2ccccc2N2CCNCC2)CC1. The molecule has 6 heteroatoms. The maximum absolute atomic E-state index is 11.5. The minimum Gasteiger partial charge on any atom is -0.488 e. The number of piperazine rings is 1. The first-order valence-corrected chi connectivity index (χ1v) is 9.38. The van der Waals surface area contributed by atoms with Crippen molar-refractivity contribution in [2.45, 2.75) is 18.9 Å². The summed E-state index contributed by atoms with van der Waals surface area (Å²) in [7, 11) is -2.84. The van der Waals surface area contributed by atoms with E-state index in [1.54, 1.807) is 0 Å². The third-order valence-corrected chi connectivity index (χ3v) is 5.83. The van der Waals surface area contributed by atoms with Gasteiger partial charge in [-0.05, 0) is 25.0 Å². The number of nitrogens with zero attached hydrogens (tertiary/aromatic N) is 1. The van der Waals surface area contributed by atoms with Gasteiger partial charge in [0, 0.05) is 26.2 Å². The fourth-order valence-electron chi connectivity index (χ4n) is 2.89. The summed E-state index contributed by atoms with van der Waals surface area (Å²) in [5.74, 6) is 1.37. The van der Waals surface area contributed by atoms with Crippen LogP contribution in [0.4, 0.5) is 5.69 Å². The molecule has 2 saturated heterocycles. The van der Waals surface area contributed by atoms with Crippen LogP contribution in [0.3, 0.4) is 0 Å². The first-order valence-electron chi connectivity index (χ1n) is 7.56. The standard InChI is InChI=1S/C15H22N2O3S/c18-21(19)11-5-13(6-12-21)20-15-4-2-1-3-14(15)17-9-7-16-8-10-17/h1-4,13,16H,5-12H2. The number of hydrogen-bond donors (Lipinski definition) is 1. The van der Waals surface area contributed by atoms with Crippen LogP contribution in [0, 0.1) is 0 Å². The molecule has 0 unspecified atom stereocenters. The number of hydrogen-bond acceptors (Lipinski definition) is 5. The van der Waals surface area contributed by atoms with Crippen molar-refractivity contribution < 1.29 is 13.2 Å². The highest BCUT2D eigenvalue weighted by atomic mass is 32.2. The van der Waals surface area contributed by atoms with Crippen LogP contribution >= 0.6 is 0 Å². The molecule has 0 aliphatic carbocycles. The van der Waals surface area contributed by atoms with Crippen molar-refractivity contribution in [3.8, 4) is 5.75 Å². The molecule has 0 saturated carbocycles. The number of ether oxygens (including phenoxy) is 1. The van der Waals surface area contributed by atoms with Crippen LogP contribution in [-0.2, 0) is 9.84 Å². The summed E-state index contributed by atoms with van der Waals surface area (Å²) >= 11 is 0. The van der Waals surface area contributed by atoms with Crippen LogP contribution in [0.15, 0.2) is 24.3 Å². The van der Waals surface area contributed by atoms with E-state index in [2.05, 4.69) is 16.3 Å². The topological polar surface area (TPSA) is 58.6 Å². The highest BCUT2D eigenvalue weighted by molar-refractivity contribution is 7.91. The first-order chi connectivity index (χ1) is 10.1. The van der Waals surface area contributed by atoms with Crippen LogP contribution in [0.1, 0.15) is 12.8 Å². The van der Waals surface area contributed by atoms with Crippen molar-refractivity contribution in [1.82, 2.24) is 5.32 Å². The maximum Gasteiger partial charge on any atom is 0.150 e. The van der Waals surface area contributed by atoms with Crippen molar-refractivity contribution in [3.05, 3.63) is 24.3 Å². The lowest BCUT2D eigenvalue weighted by atomic mass is 10.2. The maximum atomic E-state index is 11.5. The first kappa shape index (κ1) is 14.7. The lowest BCUT2D eigenvalue weighted by Crippen LogP contribution is -2.43. The summed E-state index contributed by atoms with van der Waals surface area (Å²) in [4.78, 5) is 2.32. The quantitative estimate of drug-likeness (QED) is 0.904. The average molecular weight is 310 g/mol. The Morgan fingerprint density at radius 2 is 1.76 bits per heavy atom. The molecule has 116 valence electrons. The Hall–Kier alpha value is -1.27. The van der Waals surface area contributed by atoms with E-state index < -0.39 is 9.84 Å². The van der Waals surface area contributed by atoms with Gasteiger partial charge in [0.15, 0.2) is 9.84 Å². The van der Waals surface area contributed by atoms with Gasteiger partial charge in [-0.1, -0.05) is 12.1 Å². The molecule has 0 amide bonds. The monoisotopic (exact) mass is 310 g/mol. The lowest BCUT2D eigenvalue weighted by Gasteiger charge is -2.32. The van der Waals surface area contributed by atoms with Gasteiger partial charge in [-0.15, -0.1) is 0 Å². The lowest BCUT2D eigenvalue weighted by molar-refractivity contribution is 0.190. The number of sulfone groups is 1. The molecule has 0 radical (unpaired) electrons. The predicted octanol–water partition coefficient (Wildman–Crippen LogP) is 1.05. The molecule has 2 fully saturated rings. The molecular weight excluding hydrogens is 288 g/mol. The van der Waals surface area contributed by atoms with Gasteiger partial charge in [-0.2, -0.15) is 0 Å². The highest BCUT2D eigenvalue weighted by Gasteiger charge is 2.26. The third kappa shape index (κ3) is 3.68. The van der Waals surface area contributed by atoms with Crippen molar-refractivity contribution in [2.24, 2.45) is 0 Å². The number of para-hydroxylation sites is 2. The number of rotatable bonds is 3. The molecule has 21 heavy (non-hydrogen) atoms. The molecule has 0 bridgehead atoms. The zero-order valence-corrected chi connectivity index (χ0v) is 12.9. The van der Waals surface area contributed by atoms with Crippen molar-refractivity contribution in [2.75, 3.05) is 42.6 Å². The molecule has 0 spiro atoms. The second-order valence-electron chi connectivity index (χ2n) is 5.67. The molecule has 0 atom stereocenters. The summed E-state index contributed by atoms with van der Waals surface area (Å²) in [6, 6.07) is 8.07. The molecular formula is C15H22N2O3S. The van der Waals surface area contributed by atoms with Gasteiger partial charge in [0.05, 0.1) is 17.2 Å². The van der Waals surface area contributed by atoms with Crippen LogP contribution in [0.25, 0.3) is 0 Å². The van der Waals surface area contributed by atoms with Gasteiger partial charge in [-0.25, -0.2) is 8.42 Å². The Bertz CT molecular complexity index is 568. The van der Waals surface area contributed by atoms with E-state index in [9.17, 15) is 8.42 Å². The van der Waals surface area contributed by atoms with E-state index in [-0.39, 0.29) is 17.6 Å². The summed E-state index contributed by atoms with van der Waals surface area (Å²) in [6.07, 6.45) is 1.20. The van der Waals surface area contributed by atoms with Gasteiger partial charge in [0.25, 0.3) is 0 Å². The van der Waals surface area contributed by atoms with Crippen molar-refractivity contribution >= 4 is 15.5 Å². The summed E-state index contributed by atoms with van der Waals surface area (Å²) < 4.78 is 29.1. The highest BCUT2D eigenvalue weighted by Crippen LogP contribution is 2.30. The summed E-state index contributed by atoms with van der Waals surface area (Å²) in [6.45, 7) is 3.91. The zero-order valence-electron chi connectivity index (χ0n) is 12.1. The summed E-state index contributed by atoms with van der Waals surface area (Å²) in [5.41, 5.74) is 1.12. The zero-order chi connectivity index (χ0) is 14.7. The van der Waals surface area contributed by atoms with E-state index in [1.165, 1.54) is 0 Å². The van der Waals surface area contributed by atoms with E-state index in [1.807, 2.05) is 18.2 Å². The smallest absolute Gasteiger partial charge is 0.150 e. The minimum atomic E-state index is -2.84. The molecule has 2 aliphatic heterocycles. The molecule has 2 aliphatic rings. The van der Waals surface area contributed by atoms with Gasteiger partial charge >= 0.3 is 0 Å². The molecule has 1 aromatic rings. The number of nitrogens with one attached hydrogen (secondary N) is 1. The van der Waals surface area contributed by atoms with Crippen LogP contribution in [0.2, 0.25) is 0 Å². The Morgan fingerprint density at radius 3 is 2.48 bits per heavy atom. The van der Waals surface area contributed by atoms with Gasteiger partial charge < -0.3 is 15.0 Å². The second kappa shape index (κ2) is 6.23. The molecule has 1 N–H and O–H groups in total. The number of benzene rings is 1. The molecule has 1 aromatic carbocycles. The van der Waals surface area contributed by atoms with Gasteiger partial charge in [0.2, 0.25) is 0 Å². The van der Waals surface area contributed by atoms with Crippen LogP contribution in [0.5, 0.6) is 5.75 Å². The Morgan fingerprint density at radius 1 is 1.10 bits per heavy atom. The molecule has 3 rings (SSSR count). The molecule has 0 aromatic heterocycles. The second-order valence-corrected chi connectivity index (χ2v) is 7.98. The Labute approximate surface area is 126 Å². The van der Waals surface area contributed by atoms with Crippen LogP contribution < -0.4 is 15.0 Å². The average Bonchev–Trinajstić information content (AvgIpc) is 2.51. The Balaban J connectivity index is 1.70. The van der Waals surface area contributed by atoms with Gasteiger partial charge in [0.1, 0.15) is 11.9 Å². The van der Waals surface area contributed by atoms with Gasteiger partial charge in [-0.3, -0.25) is 0 Å². The Kier molecular flexibility index (Phi) is 4.35. The molecule has 5 nitrogen and oxygen atoms in total. The fraction of sp³-hybridized carbons (Fsp3) is 0.600. The van der Waals surface area contributed by atoms with E-state index in [0.717, 1.165) is 37.6 Å². The molecule has 2 heterocycles. The van der Waals surface area contributed by atoms with Crippen molar-refractivity contribution in [1.29, 1.82) is 0 Å². The van der Waals surface area contributed by atoms with E-state index >= 15 is 0 Å². The normalized spacial score (nSPS) is 23.0. The summed E-state index contributed by atoms with van der Waals surface area (Å²) in [5, 5.41) is 3.35. The largest absolute Gasteiger partial charge is 0.488 e. The van der Waals surface area contributed by atoms with Crippen LogP contribution in [-0.4, -0.2) is 52.2 Å². The predicted molar refractivity (Wildman–Crippen MR) is 83.8 cm³/mol. The fourth-order valence-corrected chi connectivity index (χ4v) is 4.34. The third-order valence-electron chi connectivity index (χ3n) is 4.12. The minimum absolute atomic E-state index is 0.0117.